The van der Waals surface area contributed by atoms with Gasteiger partial charge in [0.05, 0.1) is 0 Å². The molecule has 7 heteroatoms. The third kappa shape index (κ3) is 7.59. The molecule has 19 heavy (non-hydrogen) atoms. The molecule has 0 saturated heterocycles. The van der Waals surface area contributed by atoms with Gasteiger partial charge in [-0.1, -0.05) is 67.6 Å². The standard InChI is InChI=1S/C12H18N2O2S3/c1-3-5-6-7-8-17-11-13-14-12(19-11)18-9-16-10(15)4-2/h4H,2-3,5-9H2,1H3. The van der Waals surface area contributed by atoms with Gasteiger partial charge in [-0.05, 0) is 6.42 Å². The Morgan fingerprint density at radius 1 is 1.32 bits per heavy atom. The second-order valence-electron chi connectivity index (χ2n) is 3.67. The first-order valence-corrected chi connectivity index (χ1v) is 8.93. The molecular formula is C12H18N2O2S3. The van der Waals surface area contributed by atoms with Gasteiger partial charge in [0, 0.05) is 11.8 Å². The minimum Gasteiger partial charge on any atom is -0.451 e. The van der Waals surface area contributed by atoms with Crippen molar-refractivity contribution in [2.45, 2.75) is 41.3 Å². The molecule has 0 aromatic carbocycles. The molecular weight excluding hydrogens is 300 g/mol. The van der Waals surface area contributed by atoms with Crippen molar-refractivity contribution in [2.24, 2.45) is 0 Å². The molecule has 0 radical (unpaired) electrons. The molecule has 1 aromatic rings. The number of aromatic nitrogens is 2. The SMILES string of the molecule is C=CC(=O)OCSc1nnc(SCCCCCC)s1. The van der Waals surface area contributed by atoms with Gasteiger partial charge < -0.3 is 4.74 Å². The molecule has 0 saturated carbocycles. The van der Waals surface area contributed by atoms with Gasteiger partial charge in [0.2, 0.25) is 0 Å². The van der Waals surface area contributed by atoms with Crippen molar-refractivity contribution in [1.82, 2.24) is 10.2 Å². The van der Waals surface area contributed by atoms with Crippen LogP contribution in [0.3, 0.4) is 0 Å². The van der Waals surface area contributed by atoms with Crippen molar-refractivity contribution in [3.05, 3.63) is 12.7 Å². The van der Waals surface area contributed by atoms with E-state index in [-0.39, 0.29) is 5.94 Å². The van der Waals surface area contributed by atoms with Gasteiger partial charge in [0.15, 0.2) is 8.68 Å². The minimum absolute atomic E-state index is 0.251. The fourth-order valence-corrected chi connectivity index (χ4v) is 4.01. The van der Waals surface area contributed by atoms with Crippen molar-refractivity contribution in [2.75, 3.05) is 11.7 Å². The lowest BCUT2D eigenvalue weighted by atomic mass is 10.2. The summed E-state index contributed by atoms with van der Waals surface area (Å²) in [6, 6.07) is 0. The highest BCUT2D eigenvalue weighted by atomic mass is 32.2. The normalized spacial score (nSPS) is 10.4. The van der Waals surface area contributed by atoms with E-state index < -0.39 is 5.97 Å². The summed E-state index contributed by atoms with van der Waals surface area (Å²) in [5, 5.41) is 8.15. The van der Waals surface area contributed by atoms with E-state index in [1.54, 1.807) is 23.1 Å². The van der Waals surface area contributed by atoms with Crippen LogP contribution in [0.15, 0.2) is 21.3 Å². The Kier molecular flexibility index (Phi) is 8.94. The first-order valence-electron chi connectivity index (χ1n) is 6.14. The van der Waals surface area contributed by atoms with Crippen LogP contribution in [0.25, 0.3) is 0 Å². The second kappa shape index (κ2) is 10.3. The number of nitrogens with zero attached hydrogens (tertiary/aromatic N) is 2. The van der Waals surface area contributed by atoms with E-state index in [2.05, 4.69) is 23.7 Å². The topological polar surface area (TPSA) is 52.1 Å². The second-order valence-corrected chi connectivity index (χ2v) is 7.16. The third-order valence-corrected chi connectivity index (χ3v) is 5.27. The maximum Gasteiger partial charge on any atom is 0.330 e. The number of carbonyl (C=O) groups excluding carboxylic acids is 1. The first-order chi connectivity index (χ1) is 9.26. The summed E-state index contributed by atoms with van der Waals surface area (Å²) < 4.78 is 6.68. The highest BCUT2D eigenvalue weighted by Gasteiger charge is 2.06. The summed E-state index contributed by atoms with van der Waals surface area (Å²) in [5.74, 6) is 0.924. The van der Waals surface area contributed by atoms with Crippen LogP contribution in [-0.4, -0.2) is 27.9 Å². The molecule has 0 amide bonds. The van der Waals surface area contributed by atoms with Gasteiger partial charge in [-0.15, -0.1) is 10.2 Å². The molecule has 1 aromatic heterocycles. The highest BCUT2D eigenvalue weighted by molar-refractivity contribution is 8.03. The molecule has 0 N–H and O–H groups in total. The number of rotatable bonds is 10. The Hall–Kier alpha value is -0.530. The smallest absolute Gasteiger partial charge is 0.330 e. The van der Waals surface area contributed by atoms with E-state index in [1.807, 2.05) is 0 Å². The lowest BCUT2D eigenvalue weighted by molar-refractivity contribution is -0.135. The van der Waals surface area contributed by atoms with Crippen LogP contribution in [0.1, 0.15) is 32.6 Å². The summed E-state index contributed by atoms with van der Waals surface area (Å²) in [4.78, 5) is 10.8. The van der Waals surface area contributed by atoms with Gasteiger partial charge >= 0.3 is 5.97 Å². The average Bonchev–Trinajstić information content (AvgIpc) is 2.86. The van der Waals surface area contributed by atoms with Crippen LogP contribution in [0.5, 0.6) is 0 Å². The molecule has 0 unspecified atom stereocenters. The molecule has 0 bridgehead atoms. The zero-order valence-electron chi connectivity index (χ0n) is 11.0. The number of hydrogen-bond donors (Lipinski definition) is 0. The number of ether oxygens (including phenoxy) is 1. The zero-order valence-corrected chi connectivity index (χ0v) is 13.4. The summed E-state index contributed by atoms with van der Waals surface area (Å²) in [7, 11) is 0. The van der Waals surface area contributed by atoms with Crippen LogP contribution in [0.2, 0.25) is 0 Å². The number of carbonyl (C=O) groups is 1. The minimum atomic E-state index is -0.414. The maximum atomic E-state index is 10.8. The molecule has 1 rings (SSSR count). The monoisotopic (exact) mass is 318 g/mol. The Labute approximate surface area is 126 Å². The largest absolute Gasteiger partial charge is 0.451 e. The van der Waals surface area contributed by atoms with E-state index in [4.69, 9.17) is 4.74 Å². The molecule has 0 aliphatic carbocycles. The van der Waals surface area contributed by atoms with Gasteiger partial charge in [-0.25, -0.2) is 4.79 Å². The van der Waals surface area contributed by atoms with E-state index in [0.717, 1.165) is 20.5 Å². The van der Waals surface area contributed by atoms with Crippen molar-refractivity contribution in [3.8, 4) is 0 Å². The first kappa shape index (κ1) is 16.5. The Bertz CT molecular complexity index is 396. The van der Waals surface area contributed by atoms with Crippen molar-refractivity contribution >= 4 is 40.8 Å². The molecule has 106 valence electrons. The van der Waals surface area contributed by atoms with Crippen LogP contribution in [-0.2, 0) is 9.53 Å². The van der Waals surface area contributed by atoms with E-state index in [9.17, 15) is 4.79 Å². The molecule has 1 heterocycles. The average molecular weight is 318 g/mol. The molecule has 0 atom stereocenters. The molecule has 0 fully saturated rings. The number of hydrogen-bond acceptors (Lipinski definition) is 7. The Balaban J connectivity index is 2.17. The molecule has 0 aliphatic rings. The summed E-state index contributed by atoms with van der Waals surface area (Å²) in [6.45, 7) is 5.54. The lowest BCUT2D eigenvalue weighted by Gasteiger charge is -1.97. The van der Waals surface area contributed by atoms with Gasteiger partial charge in [-0.2, -0.15) is 0 Å². The van der Waals surface area contributed by atoms with Crippen LogP contribution >= 0.6 is 34.9 Å². The highest BCUT2D eigenvalue weighted by Crippen LogP contribution is 2.29. The number of unbranched alkanes of at least 4 members (excludes halogenated alkanes) is 3. The number of thioether (sulfide) groups is 2. The van der Waals surface area contributed by atoms with Crippen molar-refractivity contribution in [1.29, 1.82) is 0 Å². The van der Waals surface area contributed by atoms with Gasteiger partial charge in [0.1, 0.15) is 5.94 Å². The predicted molar refractivity (Wildman–Crippen MR) is 81.8 cm³/mol. The third-order valence-electron chi connectivity index (χ3n) is 2.16. The van der Waals surface area contributed by atoms with E-state index in [1.165, 1.54) is 37.4 Å². The summed E-state index contributed by atoms with van der Waals surface area (Å²) in [6.07, 6.45) is 6.21. The fourth-order valence-electron chi connectivity index (χ4n) is 1.20. The van der Waals surface area contributed by atoms with Gasteiger partial charge in [0.25, 0.3) is 0 Å². The fraction of sp³-hybridized carbons (Fsp3) is 0.583. The molecule has 4 nitrogen and oxygen atoms in total. The zero-order chi connectivity index (χ0) is 13.9. The Morgan fingerprint density at radius 2 is 2.05 bits per heavy atom. The van der Waals surface area contributed by atoms with E-state index in [0.29, 0.717) is 0 Å². The number of esters is 1. The molecule has 0 spiro atoms. The van der Waals surface area contributed by atoms with Crippen LogP contribution in [0, 0.1) is 0 Å². The van der Waals surface area contributed by atoms with Crippen molar-refractivity contribution in [3.63, 3.8) is 0 Å². The molecule has 0 aliphatic heterocycles. The van der Waals surface area contributed by atoms with Crippen LogP contribution in [0.4, 0.5) is 0 Å². The Morgan fingerprint density at radius 3 is 2.74 bits per heavy atom. The summed E-state index contributed by atoms with van der Waals surface area (Å²) in [5.41, 5.74) is 0. The summed E-state index contributed by atoms with van der Waals surface area (Å²) >= 11 is 4.66. The quantitative estimate of drug-likeness (QED) is 0.214. The van der Waals surface area contributed by atoms with Crippen molar-refractivity contribution < 1.29 is 9.53 Å². The van der Waals surface area contributed by atoms with Crippen LogP contribution < -0.4 is 0 Å². The van der Waals surface area contributed by atoms with Gasteiger partial charge in [-0.3, -0.25) is 0 Å². The maximum absolute atomic E-state index is 10.8. The van der Waals surface area contributed by atoms with E-state index >= 15 is 0 Å². The predicted octanol–water partition coefficient (Wildman–Crippen LogP) is 3.99. The lowest BCUT2D eigenvalue weighted by Crippen LogP contribution is -1.98.